The molecule has 0 aromatic carbocycles. The maximum atomic E-state index is 10.7. The van der Waals surface area contributed by atoms with Gasteiger partial charge in [-0.05, 0) is 0 Å². The highest BCUT2D eigenvalue weighted by Gasteiger charge is 2.16. The van der Waals surface area contributed by atoms with Crippen molar-refractivity contribution in [2.24, 2.45) is 5.16 Å². The first-order chi connectivity index (χ1) is 6.69. The molecule has 0 aliphatic heterocycles. The maximum Gasteiger partial charge on any atom is 0.360 e. The van der Waals surface area contributed by atoms with Crippen LogP contribution in [-0.2, 0) is 9.63 Å². The van der Waals surface area contributed by atoms with Crippen LogP contribution in [-0.4, -0.2) is 35.9 Å². The highest BCUT2D eigenvalue weighted by Crippen LogP contribution is 2.15. The van der Waals surface area contributed by atoms with Crippen LogP contribution >= 0.6 is 23.7 Å². The second-order valence-corrected chi connectivity index (χ2v) is 3.07. The third kappa shape index (κ3) is 3.37. The number of oxime groups is 1. The Bertz CT molecular complexity index is 366. The topological polar surface area (TPSA) is 83.8 Å². The van der Waals surface area contributed by atoms with Crippen LogP contribution in [0.1, 0.15) is 5.69 Å². The molecule has 0 fully saturated rings. The van der Waals surface area contributed by atoms with Crippen LogP contribution in [0.15, 0.2) is 10.5 Å². The van der Waals surface area contributed by atoms with Crippen molar-refractivity contribution in [3.8, 4) is 0 Å². The summed E-state index contributed by atoms with van der Waals surface area (Å²) in [4.78, 5) is 19.1. The number of aliphatic carboxylic acids is 1. The third-order valence-electron chi connectivity index (χ3n) is 1.35. The summed E-state index contributed by atoms with van der Waals surface area (Å²) in [7, 11) is 2.99. The molecule has 0 spiro atoms. The average Bonchev–Trinajstić information content (AvgIpc) is 2.61. The Morgan fingerprint density at radius 1 is 1.73 bits per heavy atom. The number of thiazole rings is 1. The largest absolute Gasteiger partial charge is 0.476 e. The van der Waals surface area contributed by atoms with E-state index >= 15 is 0 Å². The molecule has 0 saturated carbocycles. The number of carbonyl (C=O) groups is 1. The Balaban J connectivity index is 0.00000196. The van der Waals surface area contributed by atoms with Gasteiger partial charge in [0.15, 0.2) is 5.13 Å². The molecule has 1 rings (SSSR count). The zero-order chi connectivity index (χ0) is 10.6. The van der Waals surface area contributed by atoms with Crippen molar-refractivity contribution in [2.75, 3.05) is 19.5 Å². The first-order valence-corrected chi connectivity index (χ1v) is 4.55. The average molecular weight is 252 g/mol. The minimum absolute atomic E-state index is 0. The van der Waals surface area contributed by atoms with Crippen molar-refractivity contribution in [1.82, 2.24) is 4.98 Å². The van der Waals surface area contributed by atoms with E-state index in [9.17, 15) is 4.79 Å². The van der Waals surface area contributed by atoms with Gasteiger partial charge in [-0.25, -0.2) is 9.78 Å². The molecule has 0 bridgehead atoms. The molecule has 0 atom stereocenters. The lowest BCUT2D eigenvalue weighted by molar-refractivity contribution is -0.129. The number of carboxylic acids is 1. The van der Waals surface area contributed by atoms with Crippen molar-refractivity contribution in [2.45, 2.75) is 0 Å². The monoisotopic (exact) mass is 251 g/mol. The maximum absolute atomic E-state index is 10.7. The number of anilines is 1. The predicted octanol–water partition coefficient (Wildman–Crippen LogP) is 1.04. The number of carboxylic acid groups (broad SMARTS) is 1. The minimum atomic E-state index is -1.17. The zero-order valence-electron chi connectivity index (χ0n) is 8.05. The molecule has 0 aliphatic carbocycles. The molecule has 0 unspecified atom stereocenters. The molecule has 0 aliphatic rings. The predicted molar refractivity (Wildman–Crippen MR) is 60.1 cm³/mol. The van der Waals surface area contributed by atoms with Gasteiger partial charge in [-0.15, -0.1) is 23.7 Å². The van der Waals surface area contributed by atoms with E-state index < -0.39 is 5.97 Å². The van der Waals surface area contributed by atoms with E-state index in [4.69, 9.17) is 5.11 Å². The van der Waals surface area contributed by atoms with Crippen LogP contribution < -0.4 is 5.32 Å². The van der Waals surface area contributed by atoms with Gasteiger partial charge in [0, 0.05) is 12.4 Å². The summed E-state index contributed by atoms with van der Waals surface area (Å²) in [5.74, 6) is -1.17. The van der Waals surface area contributed by atoms with Gasteiger partial charge < -0.3 is 15.3 Å². The first-order valence-electron chi connectivity index (χ1n) is 3.67. The molecule has 0 saturated heterocycles. The molecule has 15 heavy (non-hydrogen) atoms. The van der Waals surface area contributed by atoms with Crippen LogP contribution in [0.3, 0.4) is 0 Å². The molecule has 8 heteroatoms. The van der Waals surface area contributed by atoms with Gasteiger partial charge in [0.1, 0.15) is 12.8 Å². The summed E-state index contributed by atoms with van der Waals surface area (Å²) in [5, 5.41) is 17.2. The van der Waals surface area contributed by atoms with Crippen molar-refractivity contribution in [1.29, 1.82) is 0 Å². The number of hydrogen-bond donors (Lipinski definition) is 2. The van der Waals surface area contributed by atoms with Crippen LogP contribution in [0.25, 0.3) is 0 Å². The van der Waals surface area contributed by atoms with Gasteiger partial charge in [-0.1, -0.05) is 5.16 Å². The summed E-state index contributed by atoms with van der Waals surface area (Å²) in [6.45, 7) is 0. The Morgan fingerprint density at radius 3 is 2.80 bits per heavy atom. The summed E-state index contributed by atoms with van der Waals surface area (Å²) in [6, 6.07) is 0. The molecular formula is C7H10ClN3O3S. The van der Waals surface area contributed by atoms with E-state index in [1.54, 1.807) is 12.4 Å². The number of hydrogen-bond acceptors (Lipinski definition) is 6. The summed E-state index contributed by atoms with van der Waals surface area (Å²) in [5.41, 5.74) is 0.0824. The second kappa shape index (κ2) is 6.20. The van der Waals surface area contributed by atoms with E-state index in [2.05, 4.69) is 20.3 Å². The van der Waals surface area contributed by atoms with Gasteiger partial charge >= 0.3 is 5.97 Å². The Morgan fingerprint density at radius 2 is 2.40 bits per heavy atom. The fourth-order valence-corrected chi connectivity index (χ4v) is 1.44. The molecule has 6 nitrogen and oxygen atoms in total. The van der Waals surface area contributed by atoms with Crippen molar-refractivity contribution in [3.05, 3.63) is 11.1 Å². The molecule has 1 aromatic heterocycles. The molecule has 0 radical (unpaired) electrons. The van der Waals surface area contributed by atoms with E-state index in [1.807, 2.05) is 0 Å². The molecule has 1 heterocycles. The smallest absolute Gasteiger partial charge is 0.360 e. The van der Waals surface area contributed by atoms with Gasteiger partial charge in [-0.3, -0.25) is 0 Å². The highest BCUT2D eigenvalue weighted by atomic mass is 35.5. The number of halogens is 1. The van der Waals surface area contributed by atoms with Crippen LogP contribution in [0.4, 0.5) is 5.13 Å². The number of rotatable bonds is 4. The fourth-order valence-electron chi connectivity index (χ4n) is 0.784. The van der Waals surface area contributed by atoms with Gasteiger partial charge in [-0.2, -0.15) is 0 Å². The molecule has 1 aromatic rings. The summed E-state index contributed by atoms with van der Waals surface area (Å²) in [6.07, 6.45) is 0. The van der Waals surface area contributed by atoms with E-state index in [1.165, 1.54) is 18.4 Å². The lowest BCUT2D eigenvalue weighted by Gasteiger charge is -1.95. The van der Waals surface area contributed by atoms with Crippen LogP contribution in [0.2, 0.25) is 0 Å². The van der Waals surface area contributed by atoms with Gasteiger partial charge in [0.05, 0.1) is 0 Å². The normalized spacial score (nSPS) is 10.4. The number of nitrogens with zero attached hydrogens (tertiary/aromatic N) is 2. The van der Waals surface area contributed by atoms with Gasteiger partial charge in [0.2, 0.25) is 5.71 Å². The van der Waals surface area contributed by atoms with Crippen molar-refractivity contribution < 1.29 is 14.7 Å². The lowest BCUT2D eigenvalue weighted by Crippen LogP contribution is -2.15. The van der Waals surface area contributed by atoms with Gasteiger partial charge in [0.25, 0.3) is 0 Å². The zero-order valence-corrected chi connectivity index (χ0v) is 9.68. The third-order valence-corrected chi connectivity index (χ3v) is 2.21. The fraction of sp³-hybridized carbons (Fsp3) is 0.286. The Kier molecular flexibility index (Phi) is 5.65. The quantitative estimate of drug-likeness (QED) is 0.617. The SMILES string of the molecule is CNc1nc(C(=NOC)C(=O)O)cs1.Cl. The minimum Gasteiger partial charge on any atom is -0.476 e. The standard InChI is InChI=1S/C7H9N3O3S.ClH/c1-8-7-9-4(3-14-7)5(6(11)12)10-13-2;/h3H,1-2H3,(H,8,9)(H,11,12);1H. The van der Waals surface area contributed by atoms with Crippen molar-refractivity contribution >= 4 is 40.6 Å². The van der Waals surface area contributed by atoms with Crippen molar-refractivity contribution in [3.63, 3.8) is 0 Å². The highest BCUT2D eigenvalue weighted by molar-refractivity contribution is 7.14. The lowest BCUT2D eigenvalue weighted by atomic mass is 10.3. The molecular weight excluding hydrogens is 242 g/mol. The molecule has 0 amide bonds. The Labute approximate surface area is 96.4 Å². The first kappa shape index (κ1) is 13.7. The number of nitrogens with one attached hydrogen (secondary N) is 1. The summed E-state index contributed by atoms with van der Waals surface area (Å²) < 4.78 is 0. The molecule has 84 valence electrons. The van der Waals surface area contributed by atoms with Crippen LogP contribution in [0, 0.1) is 0 Å². The Hall–Kier alpha value is -1.34. The second-order valence-electron chi connectivity index (χ2n) is 2.22. The summed E-state index contributed by atoms with van der Waals surface area (Å²) >= 11 is 1.30. The van der Waals surface area contributed by atoms with E-state index in [-0.39, 0.29) is 23.8 Å². The van der Waals surface area contributed by atoms with Crippen LogP contribution in [0.5, 0.6) is 0 Å². The van der Waals surface area contributed by atoms with E-state index in [0.717, 1.165) is 0 Å². The molecule has 2 N–H and O–H groups in total. The van der Waals surface area contributed by atoms with E-state index in [0.29, 0.717) is 5.13 Å². The number of aromatic nitrogens is 1.